The Kier molecular flexibility index (Phi) is 4.04. The average Bonchev–Trinajstić information content (AvgIpc) is 3.28. The van der Waals surface area contributed by atoms with E-state index in [9.17, 15) is 9.59 Å². The SMILES string of the molecule is O=C(O)c1csc(CNC(=O)[C@H]2C[C@@H]2c2ccc3c(c2)OCCO3)n1. The highest BCUT2D eigenvalue weighted by molar-refractivity contribution is 7.09. The predicted octanol–water partition coefficient (Wildman–Crippen LogP) is 2.03. The molecule has 0 bridgehead atoms. The number of benzene rings is 1. The van der Waals surface area contributed by atoms with Crippen molar-refractivity contribution < 1.29 is 24.2 Å². The van der Waals surface area contributed by atoms with Crippen molar-refractivity contribution in [3.05, 3.63) is 39.8 Å². The van der Waals surface area contributed by atoms with Crippen molar-refractivity contribution >= 4 is 23.2 Å². The second-order valence-electron chi connectivity index (χ2n) is 6.00. The monoisotopic (exact) mass is 360 g/mol. The van der Waals surface area contributed by atoms with E-state index in [4.69, 9.17) is 14.6 Å². The van der Waals surface area contributed by atoms with Crippen LogP contribution in [0.1, 0.15) is 33.4 Å². The van der Waals surface area contributed by atoms with Crippen LogP contribution in [0, 0.1) is 5.92 Å². The molecule has 7 nitrogen and oxygen atoms in total. The van der Waals surface area contributed by atoms with Crippen molar-refractivity contribution in [1.82, 2.24) is 10.3 Å². The quantitative estimate of drug-likeness (QED) is 0.847. The van der Waals surface area contributed by atoms with Crippen LogP contribution in [0.15, 0.2) is 23.6 Å². The molecule has 2 aromatic rings. The average molecular weight is 360 g/mol. The van der Waals surface area contributed by atoms with Gasteiger partial charge in [-0.05, 0) is 30.0 Å². The number of hydrogen-bond donors (Lipinski definition) is 2. The summed E-state index contributed by atoms with van der Waals surface area (Å²) in [6, 6.07) is 5.82. The smallest absolute Gasteiger partial charge is 0.355 e. The zero-order valence-electron chi connectivity index (χ0n) is 13.2. The van der Waals surface area contributed by atoms with Crippen LogP contribution in [0.3, 0.4) is 0 Å². The molecule has 1 aliphatic carbocycles. The second kappa shape index (κ2) is 6.36. The maximum atomic E-state index is 12.3. The molecule has 0 saturated heterocycles. The number of aromatic nitrogens is 1. The van der Waals surface area contributed by atoms with Crippen molar-refractivity contribution in [3.63, 3.8) is 0 Å². The first-order chi connectivity index (χ1) is 12.1. The summed E-state index contributed by atoms with van der Waals surface area (Å²) in [4.78, 5) is 27.1. The first-order valence-corrected chi connectivity index (χ1v) is 8.85. The molecular weight excluding hydrogens is 344 g/mol. The number of nitrogens with zero attached hydrogens (tertiary/aromatic N) is 1. The molecule has 4 rings (SSSR count). The van der Waals surface area contributed by atoms with Crippen LogP contribution in [0.4, 0.5) is 0 Å². The van der Waals surface area contributed by atoms with Gasteiger partial charge in [0.05, 0.1) is 6.54 Å². The molecule has 2 aliphatic rings. The van der Waals surface area contributed by atoms with Gasteiger partial charge in [0.25, 0.3) is 0 Å². The molecule has 0 spiro atoms. The minimum Gasteiger partial charge on any atom is -0.486 e. The highest BCUT2D eigenvalue weighted by atomic mass is 32.1. The fourth-order valence-corrected chi connectivity index (χ4v) is 3.64. The second-order valence-corrected chi connectivity index (χ2v) is 6.94. The summed E-state index contributed by atoms with van der Waals surface area (Å²) >= 11 is 1.23. The van der Waals surface area contributed by atoms with E-state index in [-0.39, 0.29) is 30.0 Å². The lowest BCUT2D eigenvalue weighted by Gasteiger charge is -2.18. The highest BCUT2D eigenvalue weighted by Gasteiger charge is 2.44. The molecule has 1 aromatic carbocycles. The number of carbonyl (C=O) groups is 2. The molecule has 0 unspecified atom stereocenters. The number of thiazole rings is 1. The van der Waals surface area contributed by atoms with E-state index in [0.717, 1.165) is 23.5 Å². The van der Waals surface area contributed by atoms with E-state index in [1.807, 2.05) is 18.2 Å². The molecule has 2 heterocycles. The minimum atomic E-state index is -1.06. The molecule has 1 aromatic heterocycles. The Morgan fingerprint density at radius 3 is 2.84 bits per heavy atom. The number of amides is 1. The van der Waals surface area contributed by atoms with Crippen molar-refractivity contribution in [2.75, 3.05) is 13.2 Å². The number of hydrogen-bond acceptors (Lipinski definition) is 6. The summed E-state index contributed by atoms with van der Waals surface area (Å²) < 4.78 is 11.1. The van der Waals surface area contributed by atoms with Gasteiger partial charge in [0.15, 0.2) is 17.2 Å². The van der Waals surface area contributed by atoms with E-state index in [1.54, 1.807) is 0 Å². The highest BCUT2D eigenvalue weighted by Crippen LogP contribution is 2.49. The van der Waals surface area contributed by atoms with Crippen LogP contribution in [0.25, 0.3) is 0 Å². The Morgan fingerprint density at radius 1 is 1.28 bits per heavy atom. The summed E-state index contributed by atoms with van der Waals surface area (Å²) in [5.41, 5.74) is 1.08. The fraction of sp³-hybridized carbons (Fsp3) is 0.353. The predicted molar refractivity (Wildman–Crippen MR) is 89.2 cm³/mol. The van der Waals surface area contributed by atoms with Crippen LogP contribution >= 0.6 is 11.3 Å². The van der Waals surface area contributed by atoms with Gasteiger partial charge in [0.1, 0.15) is 18.2 Å². The van der Waals surface area contributed by atoms with Gasteiger partial charge in [-0.1, -0.05) is 6.07 Å². The summed E-state index contributed by atoms with van der Waals surface area (Å²) in [5, 5.41) is 13.7. The van der Waals surface area contributed by atoms with Gasteiger partial charge in [-0.2, -0.15) is 0 Å². The summed E-state index contributed by atoms with van der Waals surface area (Å²) in [6.45, 7) is 1.35. The van der Waals surface area contributed by atoms with Crippen LogP contribution in [0.2, 0.25) is 0 Å². The zero-order chi connectivity index (χ0) is 17.4. The molecule has 1 aliphatic heterocycles. The van der Waals surface area contributed by atoms with Gasteiger partial charge >= 0.3 is 5.97 Å². The third kappa shape index (κ3) is 3.30. The molecule has 1 fully saturated rings. The minimum absolute atomic E-state index is 0.00910. The number of carbonyl (C=O) groups excluding carboxylic acids is 1. The van der Waals surface area contributed by atoms with E-state index >= 15 is 0 Å². The summed E-state index contributed by atoms with van der Waals surface area (Å²) in [7, 11) is 0. The Labute approximate surface area is 147 Å². The maximum Gasteiger partial charge on any atom is 0.355 e. The maximum absolute atomic E-state index is 12.3. The standard InChI is InChI=1S/C17H16N2O5S/c20-16(18-7-15-19-12(8-25-15)17(21)22)11-6-10(11)9-1-2-13-14(5-9)24-4-3-23-13/h1-2,5,8,10-11H,3-4,6-7H2,(H,18,20)(H,21,22)/t10-,11+/m1/s1. The number of fused-ring (bicyclic) bond motifs is 1. The number of carboxylic acids is 1. The molecule has 2 N–H and O–H groups in total. The number of aromatic carboxylic acids is 1. The molecule has 1 saturated carbocycles. The van der Waals surface area contributed by atoms with Gasteiger partial charge in [-0.3, -0.25) is 4.79 Å². The van der Waals surface area contributed by atoms with Gasteiger partial charge in [0, 0.05) is 11.3 Å². The first-order valence-electron chi connectivity index (χ1n) is 7.97. The van der Waals surface area contributed by atoms with E-state index in [0.29, 0.717) is 18.2 Å². The summed E-state index contributed by atoms with van der Waals surface area (Å²) in [5.74, 6) is 0.498. The molecule has 1 amide bonds. The largest absolute Gasteiger partial charge is 0.486 e. The van der Waals surface area contributed by atoms with Crippen molar-refractivity contribution in [3.8, 4) is 11.5 Å². The third-order valence-electron chi connectivity index (χ3n) is 4.31. The number of ether oxygens (including phenoxy) is 2. The normalized spacial score (nSPS) is 20.8. The van der Waals surface area contributed by atoms with Crippen molar-refractivity contribution in [2.24, 2.45) is 5.92 Å². The van der Waals surface area contributed by atoms with E-state index in [1.165, 1.54) is 16.7 Å². The van der Waals surface area contributed by atoms with Gasteiger partial charge in [-0.25, -0.2) is 9.78 Å². The lowest BCUT2D eigenvalue weighted by atomic mass is 10.1. The molecule has 0 radical (unpaired) electrons. The molecular formula is C17H16N2O5S. The Bertz CT molecular complexity index is 834. The Balaban J connectivity index is 1.34. The van der Waals surface area contributed by atoms with Crippen LogP contribution < -0.4 is 14.8 Å². The summed E-state index contributed by atoms with van der Waals surface area (Å²) in [6.07, 6.45) is 0.795. The lowest BCUT2D eigenvalue weighted by Crippen LogP contribution is -2.24. The number of nitrogens with one attached hydrogen (secondary N) is 1. The number of rotatable bonds is 5. The zero-order valence-corrected chi connectivity index (χ0v) is 14.0. The topological polar surface area (TPSA) is 97.8 Å². The van der Waals surface area contributed by atoms with Crippen molar-refractivity contribution in [1.29, 1.82) is 0 Å². The number of carboxylic acid groups (broad SMARTS) is 1. The van der Waals surface area contributed by atoms with Gasteiger partial charge < -0.3 is 19.9 Å². The van der Waals surface area contributed by atoms with E-state index in [2.05, 4.69) is 10.3 Å². The van der Waals surface area contributed by atoms with E-state index < -0.39 is 5.97 Å². The van der Waals surface area contributed by atoms with Crippen LogP contribution in [-0.4, -0.2) is 35.2 Å². The van der Waals surface area contributed by atoms with Crippen LogP contribution in [-0.2, 0) is 11.3 Å². The Morgan fingerprint density at radius 2 is 2.08 bits per heavy atom. The van der Waals surface area contributed by atoms with Gasteiger partial charge in [0.2, 0.25) is 5.91 Å². The van der Waals surface area contributed by atoms with Crippen molar-refractivity contribution in [2.45, 2.75) is 18.9 Å². The fourth-order valence-electron chi connectivity index (χ4n) is 2.93. The van der Waals surface area contributed by atoms with Gasteiger partial charge in [-0.15, -0.1) is 11.3 Å². The van der Waals surface area contributed by atoms with Crippen LogP contribution in [0.5, 0.6) is 11.5 Å². The third-order valence-corrected chi connectivity index (χ3v) is 5.16. The molecule has 2 atom stereocenters. The molecule has 8 heteroatoms. The molecule has 130 valence electrons. The lowest BCUT2D eigenvalue weighted by molar-refractivity contribution is -0.122. The molecule has 25 heavy (non-hydrogen) atoms. The Hall–Kier alpha value is -2.61. The first kappa shape index (κ1) is 15.9.